The van der Waals surface area contributed by atoms with Gasteiger partial charge in [-0.3, -0.25) is 18.6 Å². The van der Waals surface area contributed by atoms with Crippen molar-refractivity contribution in [3.05, 3.63) is 0 Å². The highest BCUT2D eigenvalue weighted by molar-refractivity contribution is 7.47. The Kier molecular flexibility index (Phi) is 39.6. The van der Waals surface area contributed by atoms with Gasteiger partial charge in [0.1, 0.15) is 92.6 Å². The Morgan fingerprint density at radius 2 is 0.894 bits per heavy atom. The molecule has 2 aliphatic heterocycles. The Morgan fingerprint density at radius 3 is 1.38 bits per heavy atom. The molecule has 3 fully saturated rings. The quantitative estimate of drug-likeness (QED) is 0.0172. The highest BCUT2D eigenvalue weighted by atomic mass is 31.2. The lowest BCUT2D eigenvalue weighted by atomic mass is 9.84. The first-order valence-corrected chi connectivity index (χ1v) is 33.2. The van der Waals surface area contributed by atoms with Crippen LogP contribution in [-0.2, 0) is 65.9 Å². The molecule has 2 heterocycles. The van der Waals surface area contributed by atoms with Crippen molar-refractivity contribution in [1.29, 1.82) is 0 Å². The zero-order valence-electron chi connectivity index (χ0n) is 51.0. The standard InChI is InChI=1S/C59H109O25P/c1-5-7-9-11-13-14-15-16-17-18-19-25-29-33-44(63)78-40(36-76-43(62)32-28-24-21-20-23-27-31-39(3)30-26-22-12-10-8-6-2)37-77-85(73,74)84-57-54(82-58-53(72)48(67)46(65)41(34-60)79-58)51(70)49(68)52(71)55(57)83-59-56(81-45(64)38-75-4)50(69)47(66)42(35-61)80-59/h39-42,46-61,65-72H,5-38H2,1-4H3,(H,73,74)/t39-,40-,41-,42-,46-,47-,48+,49+,50+,51+,52-,53+,54-,55-,56+,57+,58-,59-/m1/s1. The molecule has 0 radical (unpaired) electrons. The lowest BCUT2D eigenvalue weighted by Crippen LogP contribution is -2.69. The van der Waals surface area contributed by atoms with Crippen molar-refractivity contribution in [3.8, 4) is 0 Å². The number of hydrogen-bond donors (Lipinski definition) is 11. The summed E-state index contributed by atoms with van der Waals surface area (Å²) in [6.45, 7) is 2.51. The minimum absolute atomic E-state index is 0.0406. The van der Waals surface area contributed by atoms with Crippen LogP contribution in [0.3, 0.4) is 0 Å². The van der Waals surface area contributed by atoms with Gasteiger partial charge >= 0.3 is 25.7 Å². The third-order valence-electron chi connectivity index (χ3n) is 16.1. The first kappa shape index (κ1) is 77.2. The molecular formula is C59H109O25P. The third kappa shape index (κ3) is 28.7. The number of esters is 3. The molecule has 3 rings (SSSR count). The maximum absolute atomic E-state index is 14.2. The number of phosphoric ester groups is 1. The van der Waals surface area contributed by atoms with Gasteiger partial charge in [-0.15, -0.1) is 0 Å². The molecule has 19 atom stereocenters. The highest BCUT2D eigenvalue weighted by Gasteiger charge is 2.59. The smallest absolute Gasteiger partial charge is 0.462 e. The number of aliphatic hydroxyl groups is 10. The van der Waals surface area contributed by atoms with Gasteiger partial charge in [0, 0.05) is 20.0 Å². The van der Waals surface area contributed by atoms with E-state index in [2.05, 4.69) is 20.8 Å². The molecule has 85 heavy (non-hydrogen) atoms. The number of rotatable bonds is 47. The van der Waals surface area contributed by atoms with E-state index in [0.717, 1.165) is 71.3 Å². The number of carbonyl (C=O) groups excluding carboxylic acids is 3. The summed E-state index contributed by atoms with van der Waals surface area (Å²) >= 11 is 0. The summed E-state index contributed by atoms with van der Waals surface area (Å²) in [6, 6.07) is 0. The van der Waals surface area contributed by atoms with E-state index in [4.69, 9.17) is 46.9 Å². The van der Waals surface area contributed by atoms with Gasteiger partial charge < -0.3 is 93.9 Å². The minimum atomic E-state index is -5.70. The van der Waals surface area contributed by atoms with Crippen molar-refractivity contribution in [2.75, 3.05) is 40.1 Å². The second-order valence-electron chi connectivity index (χ2n) is 23.4. The molecule has 11 N–H and O–H groups in total. The van der Waals surface area contributed by atoms with Crippen LogP contribution in [0.4, 0.5) is 0 Å². The zero-order chi connectivity index (χ0) is 62.7. The number of ether oxygens (including phenoxy) is 8. The van der Waals surface area contributed by atoms with E-state index < -0.39 is 163 Å². The maximum Gasteiger partial charge on any atom is 0.472 e. The summed E-state index contributed by atoms with van der Waals surface area (Å²) < 4.78 is 69.1. The van der Waals surface area contributed by atoms with Crippen molar-refractivity contribution >= 4 is 25.7 Å². The van der Waals surface area contributed by atoms with Crippen molar-refractivity contribution in [2.24, 2.45) is 5.92 Å². The van der Waals surface area contributed by atoms with Crippen LogP contribution in [-0.4, -0.2) is 218 Å². The topological polar surface area (TPSA) is 383 Å². The molecule has 0 aromatic rings. The first-order valence-electron chi connectivity index (χ1n) is 31.7. The monoisotopic (exact) mass is 1250 g/mol. The van der Waals surface area contributed by atoms with Gasteiger partial charge in [0.2, 0.25) is 0 Å². The van der Waals surface area contributed by atoms with Gasteiger partial charge in [-0.25, -0.2) is 9.36 Å². The summed E-state index contributed by atoms with van der Waals surface area (Å²) in [5.74, 6) is -1.80. The van der Waals surface area contributed by atoms with Gasteiger partial charge in [-0.2, -0.15) is 0 Å². The summed E-state index contributed by atoms with van der Waals surface area (Å²) in [4.78, 5) is 50.5. The lowest BCUT2D eigenvalue weighted by Gasteiger charge is -2.49. The van der Waals surface area contributed by atoms with Crippen LogP contribution in [0.1, 0.15) is 207 Å². The van der Waals surface area contributed by atoms with E-state index in [1.807, 2.05) is 0 Å². The summed E-state index contributed by atoms with van der Waals surface area (Å²) in [7, 11) is -4.56. The molecule has 1 unspecified atom stereocenters. The van der Waals surface area contributed by atoms with E-state index in [1.165, 1.54) is 96.3 Å². The molecule has 0 spiro atoms. The molecule has 0 aromatic carbocycles. The van der Waals surface area contributed by atoms with E-state index >= 15 is 0 Å². The number of carbonyl (C=O) groups is 3. The fourth-order valence-electron chi connectivity index (χ4n) is 10.8. The van der Waals surface area contributed by atoms with Gasteiger partial charge in [0.25, 0.3) is 0 Å². The molecule has 3 aliphatic rings. The second-order valence-corrected chi connectivity index (χ2v) is 24.8. The third-order valence-corrected chi connectivity index (χ3v) is 17.1. The second kappa shape index (κ2) is 43.6. The van der Waals surface area contributed by atoms with Gasteiger partial charge in [0.05, 0.1) is 19.8 Å². The van der Waals surface area contributed by atoms with Crippen molar-refractivity contribution in [2.45, 2.75) is 311 Å². The molecular weight excluding hydrogens is 1140 g/mol. The molecule has 0 bridgehead atoms. The van der Waals surface area contributed by atoms with Crippen LogP contribution in [0.2, 0.25) is 0 Å². The summed E-state index contributed by atoms with van der Waals surface area (Å²) in [5, 5.41) is 108. The molecule has 25 nitrogen and oxygen atoms in total. The van der Waals surface area contributed by atoms with Crippen LogP contribution >= 0.6 is 7.82 Å². The van der Waals surface area contributed by atoms with Crippen LogP contribution in [0, 0.1) is 5.92 Å². The average Bonchev–Trinajstić information content (AvgIpc) is 2.12. The Labute approximate surface area is 503 Å². The predicted molar refractivity (Wildman–Crippen MR) is 307 cm³/mol. The van der Waals surface area contributed by atoms with E-state index in [0.29, 0.717) is 18.8 Å². The summed E-state index contributed by atoms with van der Waals surface area (Å²) in [6.07, 6.45) is -5.79. The number of unbranched alkanes of at least 4 members (excludes halogenated alkanes) is 22. The van der Waals surface area contributed by atoms with Crippen molar-refractivity contribution in [3.63, 3.8) is 0 Å². The molecule has 26 heteroatoms. The van der Waals surface area contributed by atoms with Crippen molar-refractivity contribution < 1.29 is 122 Å². The zero-order valence-corrected chi connectivity index (χ0v) is 51.9. The fraction of sp³-hybridized carbons (Fsp3) is 0.949. The Balaban J connectivity index is 1.78. The Bertz CT molecular complexity index is 1820. The number of hydrogen-bond acceptors (Lipinski definition) is 24. The van der Waals surface area contributed by atoms with Crippen LogP contribution in [0.5, 0.6) is 0 Å². The minimum Gasteiger partial charge on any atom is -0.462 e. The summed E-state index contributed by atoms with van der Waals surface area (Å²) in [5.41, 5.74) is 0. The van der Waals surface area contributed by atoms with E-state index in [9.17, 15) is 74.9 Å². The Morgan fingerprint density at radius 1 is 0.482 bits per heavy atom. The molecule has 0 amide bonds. The number of aliphatic hydroxyl groups excluding tert-OH is 10. The van der Waals surface area contributed by atoms with Gasteiger partial charge in [0.15, 0.2) is 24.8 Å². The van der Waals surface area contributed by atoms with Crippen LogP contribution in [0.25, 0.3) is 0 Å². The molecule has 0 aromatic heterocycles. The molecule has 1 saturated carbocycles. The van der Waals surface area contributed by atoms with Crippen LogP contribution in [0.15, 0.2) is 0 Å². The van der Waals surface area contributed by atoms with Crippen molar-refractivity contribution in [1.82, 2.24) is 0 Å². The largest absolute Gasteiger partial charge is 0.472 e. The number of phosphoric acid groups is 1. The van der Waals surface area contributed by atoms with Gasteiger partial charge in [-0.1, -0.05) is 181 Å². The molecule has 500 valence electrons. The van der Waals surface area contributed by atoms with E-state index in [1.54, 1.807) is 0 Å². The maximum atomic E-state index is 14.2. The lowest BCUT2D eigenvalue weighted by molar-refractivity contribution is -0.360. The number of methoxy groups -OCH3 is 1. The van der Waals surface area contributed by atoms with Gasteiger partial charge in [-0.05, 0) is 18.8 Å². The Hall–Kier alpha value is -2.08. The van der Waals surface area contributed by atoms with E-state index in [-0.39, 0.29) is 12.8 Å². The average molecular weight is 1250 g/mol. The first-order chi connectivity index (χ1) is 40.7. The molecule has 2 saturated heterocycles. The highest BCUT2D eigenvalue weighted by Crippen LogP contribution is 2.49. The SMILES string of the molecule is CCCCCCCCCCCCCCCC(=O)O[C@H](COC(=O)CCCCCCCC[C@H](C)CCCCCCCC)COP(=O)(O)O[C@@H]1[C@H](O[C@H]2O[C@H](CO)[C@@H](O)[C@H](O)[C@@H]2OC(=O)COC)[C@H](O)[C@@H](O)[C@H](O)[C@H]1O[C@H]1O[C@H](CO)[C@@H](O)[C@H](O)[C@@H]1O. The fourth-order valence-corrected chi connectivity index (χ4v) is 11.8. The normalized spacial score (nSPS) is 30.3. The predicted octanol–water partition coefficient (Wildman–Crippen LogP) is 4.60. The molecule has 1 aliphatic carbocycles. The van der Waals surface area contributed by atoms with Crippen LogP contribution < -0.4 is 0 Å².